The van der Waals surface area contributed by atoms with Crippen molar-refractivity contribution in [2.45, 2.75) is 34.1 Å². The van der Waals surface area contributed by atoms with Gasteiger partial charge in [-0.25, -0.2) is 0 Å². The van der Waals surface area contributed by atoms with Crippen molar-refractivity contribution < 1.29 is 0 Å². The molecular weight excluding hydrogens is 196 g/mol. The number of benzene rings is 1. The van der Waals surface area contributed by atoms with Gasteiger partial charge in [-0.3, -0.25) is 4.98 Å². The molecule has 0 amide bonds. The molecule has 0 aliphatic heterocycles. The fourth-order valence-electron chi connectivity index (χ4n) is 2.08. The Morgan fingerprint density at radius 1 is 1.12 bits per heavy atom. The van der Waals surface area contributed by atoms with E-state index >= 15 is 0 Å². The molecule has 2 heteroatoms. The van der Waals surface area contributed by atoms with Crippen LogP contribution in [0.3, 0.4) is 0 Å². The van der Waals surface area contributed by atoms with Crippen LogP contribution in [-0.4, -0.2) is 4.98 Å². The van der Waals surface area contributed by atoms with E-state index in [1.54, 1.807) is 0 Å². The number of rotatable bonds is 1. The van der Waals surface area contributed by atoms with E-state index in [4.69, 9.17) is 10.7 Å². The Kier molecular flexibility index (Phi) is 2.58. The van der Waals surface area contributed by atoms with Crippen LogP contribution in [0.1, 0.15) is 29.3 Å². The van der Waals surface area contributed by atoms with E-state index in [-0.39, 0.29) is 0 Å². The normalized spacial score (nSPS) is 11.0. The lowest BCUT2D eigenvalue weighted by molar-refractivity contribution is 1.03. The lowest BCUT2D eigenvalue weighted by Gasteiger charge is -2.12. The molecule has 2 nitrogen and oxygen atoms in total. The van der Waals surface area contributed by atoms with Gasteiger partial charge in [0.1, 0.15) is 0 Å². The quantitative estimate of drug-likeness (QED) is 0.791. The second-order valence-corrected chi connectivity index (χ2v) is 4.35. The van der Waals surface area contributed by atoms with Crippen LogP contribution in [-0.2, 0) is 6.42 Å². The van der Waals surface area contributed by atoms with E-state index in [0.717, 1.165) is 34.3 Å². The number of aromatic nitrogens is 1. The second kappa shape index (κ2) is 3.78. The van der Waals surface area contributed by atoms with Crippen molar-refractivity contribution in [3.05, 3.63) is 34.5 Å². The average molecular weight is 214 g/mol. The highest BCUT2D eigenvalue weighted by Crippen LogP contribution is 2.28. The van der Waals surface area contributed by atoms with Crippen molar-refractivity contribution in [2.75, 3.05) is 5.73 Å². The van der Waals surface area contributed by atoms with Crippen molar-refractivity contribution in [3.63, 3.8) is 0 Å². The van der Waals surface area contributed by atoms with E-state index in [2.05, 4.69) is 39.8 Å². The lowest BCUT2D eigenvalue weighted by atomic mass is 10.0. The minimum absolute atomic E-state index is 0.880. The van der Waals surface area contributed by atoms with Crippen LogP contribution >= 0.6 is 0 Å². The van der Waals surface area contributed by atoms with Gasteiger partial charge >= 0.3 is 0 Å². The zero-order valence-corrected chi connectivity index (χ0v) is 10.4. The Balaban J connectivity index is 2.93. The molecule has 1 aromatic carbocycles. The number of hydrogen-bond donors (Lipinski definition) is 1. The monoisotopic (exact) mass is 214 g/mol. The molecule has 0 bridgehead atoms. The summed E-state index contributed by atoms with van der Waals surface area (Å²) >= 11 is 0. The minimum Gasteiger partial charge on any atom is -0.398 e. The van der Waals surface area contributed by atoms with E-state index < -0.39 is 0 Å². The molecular formula is C14H18N2. The van der Waals surface area contributed by atoms with Crippen molar-refractivity contribution >= 4 is 16.6 Å². The van der Waals surface area contributed by atoms with Crippen LogP contribution in [0.15, 0.2) is 12.1 Å². The Hall–Kier alpha value is -1.57. The predicted molar refractivity (Wildman–Crippen MR) is 69.7 cm³/mol. The zero-order chi connectivity index (χ0) is 11.9. The summed E-state index contributed by atoms with van der Waals surface area (Å²) in [5, 5.41) is 1.08. The summed E-state index contributed by atoms with van der Waals surface area (Å²) in [7, 11) is 0. The third kappa shape index (κ3) is 1.45. The highest BCUT2D eigenvalue weighted by atomic mass is 14.7. The molecule has 0 aliphatic carbocycles. The fraction of sp³-hybridized carbons (Fsp3) is 0.357. The number of aryl methyl sites for hydroxylation is 3. The van der Waals surface area contributed by atoms with E-state index in [0.29, 0.717) is 0 Å². The maximum atomic E-state index is 6.17. The van der Waals surface area contributed by atoms with Gasteiger partial charge in [0.2, 0.25) is 0 Å². The molecule has 0 unspecified atom stereocenters. The summed E-state index contributed by atoms with van der Waals surface area (Å²) in [4.78, 5) is 4.73. The smallest absolute Gasteiger partial charge is 0.0757 e. The van der Waals surface area contributed by atoms with Crippen LogP contribution in [0.25, 0.3) is 10.9 Å². The topological polar surface area (TPSA) is 38.9 Å². The van der Waals surface area contributed by atoms with Gasteiger partial charge in [-0.1, -0.05) is 19.1 Å². The molecule has 0 fully saturated rings. The van der Waals surface area contributed by atoms with Crippen LogP contribution in [0.4, 0.5) is 5.69 Å². The van der Waals surface area contributed by atoms with Crippen molar-refractivity contribution in [2.24, 2.45) is 0 Å². The first kappa shape index (κ1) is 10.9. The average Bonchev–Trinajstić information content (AvgIpc) is 2.28. The van der Waals surface area contributed by atoms with Crippen LogP contribution in [0.2, 0.25) is 0 Å². The third-order valence-electron chi connectivity index (χ3n) is 3.41. The molecule has 16 heavy (non-hydrogen) atoms. The summed E-state index contributed by atoms with van der Waals surface area (Å²) in [5.41, 5.74) is 12.8. The summed E-state index contributed by atoms with van der Waals surface area (Å²) in [6.07, 6.45) is 0.930. The van der Waals surface area contributed by atoms with Gasteiger partial charge in [0.15, 0.2) is 0 Å². The third-order valence-corrected chi connectivity index (χ3v) is 3.41. The molecule has 84 valence electrons. The molecule has 2 aromatic rings. The SMILES string of the molecule is CCc1nc2c(C)c(C)ccc2c(N)c1C. The van der Waals surface area contributed by atoms with Gasteiger partial charge in [-0.2, -0.15) is 0 Å². The first-order valence-electron chi connectivity index (χ1n) is 5.71. The number of nitrogens with zero attached hydrogens (tertiary/aromatic N) is 1. The zero-order valence-electron chi connectivity index (χ0n) is 10.4. The van der Waals surface area contributed by atoms with E-state index in [9.17, 15) is 0 Å². The first-order chi connectivity index (χ1) is 7.56. The van der Waals surface area contributed by atoms with Crippen LogP contribution in [0, 0.1) is 20.8 Å². The van der Waals surface area contributed by atoms with Crippen molar-refractivity contribution in [1.82, 2.24) is 4.98 Å². The van der Waals surface area contributed by atoms with E-state index in [1.807, 2.05) is 0 Å². The van der Waals surface area contributed by atoms with E-state index in [1.165, 1.54) is 11.1 Å². The second-order valence-electron chi connectivity index (χ2n) is 4.35. The Bertz CT molecular complexity index is 556. The van der Waals surface area contributed by atoms with Gasteiger partial charge in [-0.15, -0.1) is 0 Å². The molecule has 0 radical (unpaired) electrons. The molecule has 0 saturated carbocycles. The number of fused-ring (bicyclic) bond motifs is 1. The van der Waals surface area contributed by atoms with Crippen LogP contribution in [0.5, 0.6) is 0 Å². The Morgan fingerprint density at radius 3 is 2.44 bits per heavy atom. The highest BCUT2D eigenvalue weighted by Gasteiger charge is 2.10. The summed E-state index contributed by atoms with van der Waals surface area (Å²) < 4.78 is 0. The summed E-state index contributed by atoms with van der Waals surface area (Å²) in [6, 6.07) is 4.19. The molecule has 1 aromatic heterocycles. The molecule has 0 spiro atoms. The number of hydrogen-bond acceptors (Lipinski definition) is 2. The van der Waals surface area contributed by atoms with Gasteiger partial charge < -0.3 is 5.73 Å². The highest BCUT2D eigenvalue weighted by molar-refractivity contribution is 5.94. The molecule has 0 aliphatic rings. The molecule has 0 atom stereocenters. The van der Waals surface area contributed by atoms with Gasteiger partial charge in [0, 0.05) is 16.8 Å². The number of nitrogens with two attached hydrogens (primary N) is 1. The summed E-state index contributed by atoms with van der Waals surface area (Å²) in [5.74, 6) is 0. The molecule has 0 saturated heterocycles. The molecule has 2 rings (SSSR count). The summed E-state index contributed by atoms with van der Waals surface area (Å²) in [6.45, 7) is 8.39. The predicted octanol–water partition coefficient (Wildman–Crippen LogP) is 3.30. The van der Waals surface area contributed by atoms with Crippen molar-refractivity contribution in [3.8, 4) is 0 Å². The van der Waals surface area contributed by atoms with Crippen LogP contribution < -0.4 is 5.73 Å². The number of nitrogen functional groups attached to an aromatic ring is 1. The molecule has 2 N–H and O–H groups in total. The minimum atomic E-state index is 0.880. The first-order valence-corrected chi connectivity index (χ1v) is 5.71. The number of anilines is 1. The van der Waals surface area contributed by atoms with Gasteiger partial charge in [0.05, 0.1) is 5.52 Å². The Morgan fingerprint density at radius 2 is 1.81 bits per heavy atom. The largest absolute Gasteiger partial charge is 0.398 e. The lowest BCUT2D eigenvalue weighted by Crippen LogP contribution is -2.01. The molecule has 1 heterocycles. The number of pyridine rings is 1. The maximum absolute atomic E-state index is 6.17. The van der Waals surface area contributed by atoms with Gasteiger partial charge in [-0.05, 0) is 43.9 Å². The fourth-order valence-corrected chi connectivity index (χ4v) is 2.08. The van der Waals surface area contributed by atoms with Crippen molar-refractivity contribution in [1.29, 1.82) is 0 Å². The Labute approximate surface area is 96.5 Å². The maximum Gasteiger partial charge on any atom is 0.0757 e. The standard InChI is InChI=1S/C14H18N2/c1-5-12-10(4)13(15)11-7-6-8(2)9(3)14(11)16-12/h6-7H,5H2,1-4H3,(H2,15,16). The van der Waals surface area contributed by atoms with Gasteiger partial charge in [0.25, 0.3) is 0 Å².